The maximum atomic E-state index is 10.6. The van der Waals surface area contributed by atoms with E-state index in [0.717, 1.165) is 36.1 Å². The fourth-order valence-corrected chi connectivity index (χ4v) is 1.50. The predicted molar refractivity (Wildman–Crippen MR) is 54.5 cm³/mol. The first-order valence-electron chi connectivity index (χ1n) is 4.75. The van der Waals surface area contributed by atoms with Crippen LogP contribution in [0.3, 0.4) is 0 Å². The van der Waals surface area contributed by atoms with E-state index in [4.69, 9.17) is 4.74 Å². The molecule has 0 aromatic heterocycles. The molecule has 0 N–H and O–H groups in total. The van der Waals surface area contributed by atoms with Crippen LogP contribution in [0.15, 0.2) is 0 Å². The van der Waals surface area contributed by atoms with Crippen LogP contribution in [-0.2, 0) is 9.53 Å². The quantitative estimate of drug-likeness (QED) is 0.417. The Labute approximate surface area is 78.1 Å². The van der Waals surface area contributed by atoms with Crippen molar-refractivity contribution in [3.63, 3.8) is 0 Å². The third-order valence-corrected chi connectivity index (χ3v) is 2.38. The van der Waals surface area contributed by atoms with E-state index in [0.29, 0.717) is 5.41 Å². The van der Waals surface area contributed by atoms with Gasteiger partial charge in [-0.15, -0.1) is 0 Å². The summed E-state index contributed by atoms with van der Waals surface area (Å²) in [5.41, 5.74) is 0. The number of rotatable bonds is 8. The van der Waals surface area contributed by atoms with Gasteiger partial charge in [0.2, 0.25) is 0 Å². The van der Waals surface area contributed by atoms with E-state index in [1.807, 2.05) is 0 Å². The first kappa shape index (κ1) is 11.8. The summed E-state index contributed by atoms with van der Waals surface area (Å²) in [6, 6.07) is 0. The molecule has 2 nitrogen and oxygen atoms in total. The number of hydrogen-bond donors (Lipinski definition) is 0. The number of carbonyl (C=O) groups is 1. The zero-order chi connectivity index (χ0) is 9.23. The monoisotopic (exact) mass is 188 g/mol. The van der Waals surface area contributed by atoms with Crippen molar-refractivity contribution in [1.29, 1.82) is 0 Å². The second-order valence-electron chi connectivity index (χ2n) is 3.21. The molecule has 0 aliphatic rings. The van der Waals surface area contributed by atoms with Crippen LogP contribution in [0.25, 0.3) is 0 Å². The maximum absolute atomic E-state index is 10.6. The Hall–Kier alpha value is -0.153. The highest BCUT2D eigenvalue weighted by atomic mass is 28.1. The molecule has 0 rings (SSSR count). The van der Waals surface area contributed by atoms with Gasteiger partial charge in [-0.2, -0.15) is 0 Å². The normalized spacial score (nSPS) is 10.4. The van der Waals surface area contributed by atoms with Crippen molar-refractivity contribution in [3.05, 3.63) is 0 Å². The number of methoxy groups -OCH3 is 1. The van der Waals surface area contributed by atoms with Gasteiger partial charge < -0.3 is 9.53 Å². The van der Waals surface area contributed by atoms with Crippen LogP contribution >= 0.6 is 0 Å². The fraction of sp³-hybridized carbons (Fsp3) is 0.889. The second kappa shape index (κ2) is 8.94. The minimum atomic E-state index is 0.451. The van der Waals surface area contributed by atoms with Crippen molar-refractivity contribution >= 4 is 15.6 Å². The van der Waals surface area contributed by atoms with Crippen LogP contribution in [-0.4, -0.2) is 29.4 Å². The van der Waals surface area contributed by atoms with Gasteiger partial charge in [-0.1, -0.05) is 19.3 Å². The topological polar surface area (TPSA) is 26.3 Å². The van der Waals surface area contributed by atoms with Crippen LogP contribution in [0.1, 0.15) is 38.5 Å². The third kappa shape index (κ3) is 9.85. The third-order valence-electron chi connectivity index (χ3n) is 1.88. The molecule has 0 radical (unpaired) electrons. The SMILES string of the molecule is COCCCCCCCC(=O)[SiH3]. The summed E-state index contributed by atoms with van der Waals surface area (Å²) in [7, 11) is 2.47. The van der Waals surface area contributed by atoms with Crippen LogP contribution < -0.4 is 0 Å². The van der Waals surface area contributed by atoms with E-state index >= 15 is 0 Å². The molecule has 0 aliphatic carbocycles. The van der Waals surface area contributed by atoms with Gasteiger partial charge in [0.25, 0.3) is 0 Å². The molecule has 0 unspecified atom stereocenters. The van der Waals surface area contributed by atoms with Crippen molar-refractivity contribution in [1.82, 2.24) is 0 Å². The van der Waals surface area contributed by atoms with Crippen molar-refractivity contribution in [2.24, 2.45) is 0 Å². The van der Waals surface area contributed by atoms with Gasteiger partial charge in [-0.3, -0.25) is 0 Å². The van der Waals surface area contributed by atoms with E-state index in [9.17, 15) is 4.79 Å². The minimum Gasteiger partial charge on any atom is -0.385 e. The molecule has 0 atom stereocenters. The molecule has 0 bridgehead atoms. The Kier molecular flexibility index (Phi) is 8.83. The van der Waals surface area contributed by atoms with E-state index < -0.39 is 0 Å². The molecule has 3 heteroatoms. The van der Waals surface area contributed by atoms with Crippen molar-refractivity contribution in [3.8, 4) is 0 Å². The number of carbonyl (C=O) groups excluding carboxylic acids is 1. The highest BCUT2D eigenvalue weighted by Gasteiger charge is 1.93. The predicted octanol–water partition coefficient (Wildman–Crippen LogP) is 0.865. The summed E-state index contributed by atoms with van der Waals surface area (Å²) in [5, 5.41) is 0.451. The molecular weight excluding hydrogens is 168 g/mol. The van der Waals surface area contributed by atoms with Crippen molar-refractivity contribution in [2.45, 2.75) is 38.5 Å². The summed E-state index contributed by atoms with van der Waals surface area (Å²) < 4.78 is 4.94. The van der Waals surface area contributed by atoms with E-state index in [1.165, 1.54) is 19.3 Å². The zero-order valence-corrected chi connectivity index (χ0v) is 10.3. The number of ether oxygens (including phenoxy) is 1. The van der Waals surface area contributed by atoms with Gasteiger partial charge in [-0.05, 0) is 12.8 Å². The van der Waals surface area contributed by atoms with Crippen LogP contribution in [0.5, 0.6) is 0 Å². The second-order valence-corrected chi connectivity index (χ2v) is 4.33. The van der Waals surface area contributed by atoms with Crippen molar-refractivity contribution in [2.75, 3.05) is 13.7 Å². The summed E-state index contributed by atoms with van der Waals surface area (Å²) in [6.07, 6.45) is 6.76. The van der Waals surface area contributed by atoms with E-state index in [1.54, 1.807) is 7.11 Å². The summed E-state index contributed by atoms with van der Waals surface area (Å²) in [5.74, 6) is 0. The van der Waals surface area contributed by atoms with Crippen LogP contribution in [0, 0.1) is 0 Å². The molecule has 0 saturated carbocycles. The fourth-order valence-electron chi connectivity index (χ4n) is 1.15. The molecule has 12 heavy (non-hydrogen) atoms. The molecular formula is C9H20O2Si. The smallest absolute Gasteiger partial charge is 0.100 e. The highest BCUT2D eigenvalue weighted by Crippen LogP contribution is 2.04. The van der Waals surface area contributed by atoms with Crippen LogP contribution in [0.4, 0.5) is 0 Å². The van der Waals surface area contributed by atoms with Gasteiger partial charge in [-0.25, -0.2) is 0 Å². The minimum absolute atomic E-state index is 0.451. The lowest BCUT2D eigenvalue weighted by Crippen LogP contribution is -1.95. The summed E-state index contributed by atoms with van der Waals surface area (Å²) in [4.78, 5) is 10.6. The Morgan fingerprint density at radius 2 is 1.75 bits per heavy atom. The molecule has 0 aromatic carbocycles. The Morgan fingerprint density at radius 1 is 1.17 bits per heavy atom. The molecule has 0 heterocycles. The molecule has 0 amide bonds. The number of hydrogen-bond acceptors (Lipinski definition) is 2. The average molecular weight is 188 g/mol. The molecule has 72 valence electrons. The van der Waals surface area contributed by atoms with Gasteiger partial charge >= 0.3 is 0 Å². The maximum Gasteiger partial charge on any atom is 0.100 e. The number of unbranched alkanes of at least 4 members (excludes halogenated alkanes) is 4. The highest BCUT2D eigenvalue weighted by molar-refractivity contribution is 6.57. The largest absolute Gasteiger partial charge is 0.385 e. The standard InChI is InChI=1S/C9H20O2Si/c1-11-8-6-4-2-3-5-7-9(10)12/h2-8H2,1,12H3. The zero-order valence-electron chi connectivity index (χ0n) is 8.27. The van der Waals surface area contributed by atoms with Gasteiger partial charge in [0.1, 0.15) is 5.41 Å². The lowest BCUT2D eigenvalue weighted by molar-refractivity contribution is -0.111. The Balaban J connectivity index is 2.86. The molecule has 0 fully saturated rings. The molecule has 0 saturated heterocycles. The summed E-state index contributed by atoms with van der Waals surface area (Å²) in [6.45, 7) is 0.875. The molecule has 0 aliphatic heterocycles. The first-order valence-corrected chi connectivity index (χ1v) is 5.75. The first-order chi connectivity index (χ1) is 5.77. The Morgan fingerprint density at radius 3 is 2.33 bits per heavy atom. The molecule has 0 aromatic rings. The summed E-state index contributed by atoms with van der Waals surface area (Å²) >= 11 is 0. The van der Waals surface area contributed by atoms with Gasteiger partial charge in [0, 0.05) is 20.1 Å². The average Bonchev–Trinajstić information content (AvgIpc) is 2.02. The van der Waals surface area contributed by atoms with E-state index in [-0.39, 0.29) is 0 Å². The van der Waals surface area contributed by atoms with Crippen LogP contribution in [0.2, 0.25) is 0 Å². The van der Waals surface area contributed by atoms with E-state index in [2.05, 4.69) is 0 Å². The van der Waals surface area contributed by atoms with Crippen molar-refractivity contribution < 1.29 is 9.53 Å². The Bertz CT molecular complexity index is 115. The van der Waals surface area contributed by atoms with Gasteiger partial charge in [0.05, 0.1) is 10.2 Å². The van der Waals surface area contributed by atoms with Gasteiger partial charge in [0.15, 0.2) is 0 Å². The molecule has 0 spiro atoms. The lowest BCUT2D eigenvalue weighted by Gasteiger charge is -1.99. The lowest BCUT2D eigenvalue weighted by atomic mass is 10.1.